The number of nitrogen functional groups attached to an aromatic ring is 1. The summed E-state index contributed by atoms with van der Waals surface area (Å²) in [6.07, 6.45) is 1.84. The van der Waals surface area contributed by atoms with Crippen LogP contribution in [-0.2, 0) is 4.74 Å². The average molecular weight is 229 g/mol. The van der Waals surface area contributed by atoms with Crippen LogP contribution in [0.25, 0.3) is 0 Å². The van der Waals surface area contributed by atoms with E-state index in [0.29, 0.717) is 17.4 Å². The molecular formula is C9H15N3O2S. The zero-order valence-corrected chi connectivity index (χ0v) is 9.47. The van der Waals surface area contributed by atoms with Gasteiger partial charge in [0.25, 0.3) is 5.91 Å². The molecule has 1 aromatic rings. The van der Waals surface area contributed by atoms with Crippen molar-refractivity contribution in [2.24, 2.45) is 0 Å². The largest absolute Gasteiger partial charge is 0.385 e. The van der Waals surface area contributed by atoms with Crippen LogP contribution in [0.2, 0.25) is 0 Å². The fourth-order valence-electron chi connectivity index (χ4n) is 1.06. The van der Waals surface area contributed by atoms with E-state index in [9.17, 15) is 4.79 Å². The number of nitrogens with two attached hydrogens (primary N) is 1. The summed E-state index contributed by atoms with van der Waals surface area (Å²) in [4.78, 5) is 15.3. The molecule has 0 unspecified atom stereocenters. The molecule has 0 spiro atoms. The lowest BCUT2D eigenvalue weighted by molar-refractivity contribution is 0.0947. The quantitative estimate of drug-likeness (QED) is 0.710. The van der Waals surface area contributed by atoms with Crippen molar-refractivity contribution in [2.45, 2.75) is 12.8 Å². The molecule has 1 amide bonds. The minimum Gasteiger partial charge on any atom is -0.385 e. The third-order valence-corrected chi connectivity index (χ3v) is 2.49. The first kappa shape index (κ1) is 11.9. The number of anilines is 1. The van der Waals surface area contributed by atoms with Gasteiger partial charge in [0, 0.05) is 25.6 Å². The standard InChI is InChI=1S/C9H15N3O2S/c1-14-5-3-2-4-11-8(13)7-6-15-9(10)12-7/h6H,2-5H2,1H3,(H2,10,12)(H,11,13). The molecule has 0 fully saturated rings. The van der Waals surface area contributed by atoms with Crippen LogP contribution in [0.3, 0.4) is 0 Å². The number of hydrogen-bond donors (Lipinski definition) is 2. The number of carbonyl (C=O) groups excluding carboxylic acids is 1. The number of nitrogens with zero attached hydrogens (tertiary/aromatic N) is 1. The number of ether oxygens (including phenoxy) is 1. The Kier molecular flexibility index (Phi) is 5.06. The molecule has 0 aliphatic carbocycles. The number of unbranched alkanes of at least 4 members (excludes halogenated alkanes) is 1. The molecule has 0 radical (unpaired) electrons. The molecule has 1 aromatic heterocycles. The first-order chi connectivity index (χ1) is 7.24. The van der Waals surface area contributed by atoms with E-state index >= 15 is 0 Å². The summed E-state index contributed by atoms with van der Waals surface area (Å²) < 4.78 is 4.90. The number of amides is 1. The van der Waals surface area contributed by atoms with Crippen LogP contribution in [0.1, 0.15) is 23.3 Å². The summed E-state index contributed by atoms with van der Waals surface area (Å²) >= 11 is 1.27. The molecule has 3 N–H and O–H groups in total. The first-order valence-electron chi connectivity index (χ1n) is 4.72. The van der Waals surface area contributed by atoms with E-state index in [1.54, 1.807) is 12.5 Å². The van der Waals surface area contributed by atoms with Gasteiger partial charge in [-0.2, -0.15) is 0 Å². The van der Waals surface area contributed by atoms with Gasteiger partial charge in [0.05, 0.1) is 0 Å². The molecular weight excluding hydrogens is 214 g/mol. The second kappa shape index (κ2) is 6.36. The van der Waals surface area contributed by atoms with E-state index < -0.39 is 0 Å². The third kappa shape index (κ3) is 4.26. The Hall–Kier alpha value is -1.14. The van der Waals surface area contributed by atoms with E-state index in [1.807, 2.05) is 0 Å². The fourth-order valence-corrected chi connectivity index (χ4v) is 1.60. The predicted octanol–water partition coefficient (Wildman–Crippen LogP) is 0.882. The van der Waals surface area contributed by atoms with Crippen molar-refractivity contribution in [1.82, 2.24) is 10.3 Å². The Labute approximate surface area is 92.6 Å². The highest BCUT2D eigenvalue weighted by molar-refractivity contribution is 7.13. The Morgan fingerprint density at radius 3 is 3.07 bits per heavy atom. The summed E-state index contributed by atoms with van der Waals surface area (Å²) in [5.41, 5.74) is 5.81. The summed E-state index contributed by atoms with van der Waals surface area (Å²) in [7, 11) is 1.66. The molecule has 1 rings (SSSR count). The highest BCUT2D eigenvalue weighted by atomic mass is 32.1. The molecule has 1 heterocycles. The van der Waals surface area contributed by atoms with Crippen molar-refractivity contribution < 1.29 is 9.53 Å². The van der Waals surface area contributed by atoms with Crippen LogP contribution in [0.4, 0.5) is 5.13 Å². The van der Waals surface area contributed by atoms with E-state index in [-0.39, 0.29) is 5.91 Å². The minimum atomic E-state index is -0.166. The number of hydrogen-bond acceptors (Lipinski definition) is 5. The van der Waals surface area contributed by atoms with Crippen LogP contribution in [-0.4, -0.2) is 31.2 Å². The average Bonchev–Trinajstić information content (AvgIpc) is 2.64. The highest BCUT2D eigenvalue weighted by Gasteiger charge is 2.07. The number of rotatable bonds is 6. The zero-order valence-electron chi connectivity index (χ0n) is 8.66. The van der Waals surface area contributed by atoms with Crippen molar-refractivity contribution >= 4 is 22.4 Å². The molecule has 0 aliphatic rings. The SMILES string of the molecule is COCCCCNC(=O)c1csc(N)n1. The molecule has 0 atom stereocenters. The topological polar surface area (TPSA) is 77.2 Å². The zero-order chi connectivity index (χ0) is 11.1. The van der Waals surface area contributed by atoms with Gasteiger partial charge in [0.1, 0.15) is 5.69 Å². The van der Waals surface area contributed by atoms with Crippen molar-refractivity contribution in [3.05, 3.63) is 11.1 Å². The maximum atomic E-state index is 11.4. The number of aromatic nitrogens is 1. The second-order valence-corrected chi connectivity index (χ2v) is 3.92. The predicted molar refractivity (Wildman–Crippen MR) is 60.0 cm³/mol. The molecule has 0 aliphatic heterocycles. The van der Waals surface area contributed by atoms with Gasteiger partial charge in [-0.05, 0) is 12.8 Å². The summed E-state index contributed by atoms with van der Waals surface area (Å²) in [6, 6.07) is 0. The van der Waals surface area contributed by atoms with Crippen LogP contribution in [0, 0.1) is 0 Å². The smallest absolute Gasteiger partial charge is 0.270 e. The Morgan fingerprint density at radius 1 is 1.67 bits per heavy atom. The van der Waals surface area contributed by atoms with Crippen molar-refractivity contribution in [2.75, 3.05) is 26.0 Å². The molecule has 15 heavy (non-hydrogen) atoms. The lowest BCUT2D eigenvalue weighted by Crippen LogP contribution is -2.24. The molecule has 84 valence electrons. The molecule has 0 aromatic carbocycles. The second-order valence-electron chi connectivity index (χ2n) is 3.03. The normalized spacial score (nSPS) is 10.2. The van der Waals surface area contributed by atoms with Crippen LogP contribution in [0.5, 0.6) is 0 Å². The monoisotopic (exact) mass is 229 g/mol. The molecule has 5 nitrogen and oxygen atoms in total. The van der Waals surface area contributed by atoms with Crippen molar-refractivity contribution in [3.8, 4) is 0 Å². The van der Waals surface area contributed by atoms with Gasteiger partial charge >= 0.3 is 0 Å². The molecule has 0 bridgehead atoms. The van der Waals surface area contributed by atoms with Crippen molar-refractivity contribution in [3.63, 3.8) is 0 Å². The Bertz CT molecular complexity index is 314. The van der Waals surface area contributed by atoms with Gasteiger partial charge in [0.15, 0.2) is 5.13 Å². The van der Waals surface area contributed by atoms with Crippen LogP contribution < -0.4 is 11.1 Å². The van der Waals surface area contributed by atoms with Crippen LogP contribution >= 0.6 is 11.3 Å². The summed E-state index contributed by atoms with van der Waals surface area (Å²) in [5.74, 6) is -0.166. The lowest BCUT2D eigenvalue weighted by atomic mass is 10.3. The van der Waals surface area contributed by atoms with E-state index in [1.165, 1.54) is 11.3 Å². The van der Waals surface area contributed by atoms with E-state index in [4.69, 9.17) is 10.5 Å². The van der Waals surface area contributed by atoms with Gasteiger partial charge in [0.2, 0.25) is 0 Å². The minimum absolute atomic E-state index is 0.166. The van der Waals surface area contributed by atoms with Gasteiger partial charge in [-0.1, -0.05) is 0 Å². The Morgan fingerprint density at radius 2 is 2.47 bits per heavy atom. The fraction of sp³-hybridized carbons (Fsp3) is 0.556. The summed E-state index contributed by atoms with van der Waals surface area (Å²) in [6.45, 7) is 1.36. The number of thiazole rings is 1. The number of methoxy groups -OCH3 is 1. The first-order valence-corrected chi connectivity index (χ1v) is 5.60. The molecule has 6 heteroatoms. The van der Waals surface area contributed by atoms with Gasteiger partial charge < -0.3 is 15.8 Å². The van der Waals surface area contributed by atoms with Gasteiger partial charge in [-0.25, -0.2) is 4.98 Å². The maximum absolute atomic E-state index is 11.4. The van der Waals surface area contributed by atoms with Crippen LogP contribution in [0.15, 0.2) is 5.38 Å². The highest BCUT2D eigenvalue weighted by Crippen LogP contribution is 2.10. The van der Waals surface area contributed by atoms with Gasteiger partial charge in [-0.3, -0.25) is 4.79 Å². The molecule has 0 saturated heterocycles. The van der Waals surface area contributed by atoms with Crippen molar-refractivity contribution in [1.29, 1.82) is 0 Å². The molecule has 0 saturated carbocycles. The Balaban J connectivity index is 2.19. The number of carbonyl (C=O) groups is 1. The van der Waals surface area contributed by atoms with Gasteiger partial charge in [-0.15, -0.1) is 11.3 Å². The van der Waals surface area contributed by atoms with E-state index in [0.717, 1.165) is 19.4 Å². The number of nitrogens with one attached hydrogen (secondary N) is 1. The maximum Gasteiger partial charge on any atom is 0.270 e. The summed E-state index contributed by atoms with van der Waals surface area (Å²) in [5, 5.41) is 4.83. The third-order valence-electron chi connectivity index (χ3n) is 1.82. The van der Waals surface area contributed by atoms with E-state index in [2.05, 4.69) is 10.3 Å². The lowest BCUT2D eigenvalue weighted by Gasteiger charge is -2.02.